The molecule has 0 bridgehead atoms. The minimum absolute atomic E-state index is 0.339. The lowest BCUT2D eigenvalue weighted by molar-refractivity contribution is 0.240. The molecule has 1 aromatic carbocycles. The molecule has 0 aliphatic heterocycles. The van der Waals surface area contributed by atoms with E-state index in [1.807, 2.05) is 18.2 Å². The maximum atomic E-state index is 11.6. The van der Waals surface area contributed by atoms with Crippen LogP contribution in [0.4, 0.5) is 0 Å². The monoisotopic (exact) mass is 196 g/mol. The van der Waals surface area contributed by atoms with Crippen molar-refractivity contribution in [1.82, 2.24) is 0 Å². The van der Waals surface area contributed by atoms with Crippen LogP contribution in [0.25, 0.3) is 0 Å². The highest BCUT2D eigenvalue weighted by molar-refractivity contribution is 7.89. The van der Waals surface area contributed by atoms with E-state index in [9.17, 15) is 4.21 Å². The van der Waals surface area contributed by atoms with Crippen molar-refractivity contribution in [1.29, 1.82) is 0 Å². The summed E-state index contributed by atoms with van der Waals surface area (Å²) < 4.78 is 11.6. The summed E-state index contributed by atoms with van der Waals surface area (Å²) in [6.45, 7) is 5.14. The highest BCUT2D eigenvalue weighted by atomic mass is 32.2. The second kappa shape index (κ2) is 4.35. The Balaban J connectivity index is 2.87. The Morgan fingerprint density at radius 2 is 2.00 bits per heavy atom. The van der Waals surface area contributed by atoms with Crippen molar-refractivity contribution in [2.24, 2.45) is 0 Å². The van der Waals surface area contributed by atoms with Gasteiger partial charge in [0.1, 0.15) is 0 Å². The fourth-order valence-electron chi connectivity index (χ4n) is 0.850. The molecule has 0 aliphatic rings. The highest BCUT2D eigenvalue weighted by Crippen LogP contribution is 2.14. The van der Waals surface area contributed by atoms with Crippen molar-refractivity contribution >= 4 is 10.8 Å². The Morgan fingerprint density at radius 3 is 2.46 bits per heavy atom. The average molecular weight is 196 g/mol. The Morgan fingerprint density at radius 1 is 1.46 bits per heavy atom. The number of benzene rings is 1. The highest BCUT2D eigenvalue weighted by Gasteiger charge is 2.11. The van der Waals surface area contributed by atoms with Crippen LogP contribution in [0.2, 0.25) is 0 Å². The summed E-state index contributed by atoms with van der Waals surface area (Å²) in [5.41, 5.74) is 0. The zero-order valence-corrected chi connectivity index (χ0v) is 8.25. The molecule has 0 aromatic heterocycles. The molecule has 0 radical (unpaired) electrons. The number of hydrogen-bond donors (Lipinski definition) is 1. The standard InChI is InChI=1S/C10H12O2S/c1-8(11)9(2)13(12)10-6-4-3-5-7-10/h3-8,11H,2H2,1H3/t8-,13-/m0/s1. The first kappa shape index (κ1) is 10.2. The summed E-state index contributed by atoms with van der Waals surface area (Å²) >= 11 is 0. The maximum Gasteiger partial charge on any atom is 0.0843 e. The van der Waals surface area contributed by atoms with Gasteiger partial charge in [-0.15, -0.1) is 0 Å². The molecule has 2 nitrogen and oxygen atoms in total. The van der Waals surface area contributed by atoms with Crippen LogP contribution in [-0.2, 0) is 10.8 Å². The summed E-state index contributed by atoms with van der Waals surface area (Å²) in [6.07, 6.45) is -0.735. The molecule has 3 heteroatoms. The summed E-state index contributed by atoms with van der Waals surface area (Å²) in [4.78, 5) is 1.01. The van der Waals surface area contributed by atoms with Crippen molar-refractivity contribution in [2.45, 2.75) is 17.9 Å². The number of aliphatic hydroxyl groups is 1. The SMILES string of the molecule is C=C([C@H](C)O)[S@](=O)c1ccccc1. The molecular formula is C10H12O2S. The molecule has 0 saturated heterocycles. The largest absolute Gasteiger partial charge is 0.388 e. The fourth-order valence-corrected chi connectivity index (χ4v) is 1.87. The van der Waals surface area contributed by atoms with Gasteiger partial charge in [0.15, 0.2) is 0 Å². The summed E-state index contributed by atoms with van der Waals surface area (Å²) in [5.74, 6) is 0. The van der Waals surface area contributed by atoms with Gasteiger partial charge in [-0.3, -0.25) is 0 Å². The van der Waals surface area contributed by atoms with E-state index in [4.69, 9.17) is 5.11 Å². The molecule has 0 fully saturated rings. The molecule has 0 unspecified atom stereocenters. The molecule has 13 heavy (non-hydrogen) atoms. The van der Waals surface area contributed by atoms with Crippen molar-refractivity contribution in [3.63, 3.8) is 0 Å². The van der Waals surface area contributed by atoms with E-state index < -0.39 is 16.9 Å². The van der Waals surface area contributed by atoms with Crippen LogP contribution in [0.5, 0.6) is 0 Å². The van der Waals surface area contributed by atoms with E-state index in [2.05, 4.69) is 6.58 Å². The van der Waals surface area contributed by atoms with E-state index in [1.165, 1.54) is 0 Å². The van der Waals surface area contributed by atoms with Gasteiger partial charge in [0.05, 0.1) is 16.9 Å². The minimum atomic E-state index is -1.30. The van der Waals surface area contributed by atoms with E-state index >= 15 is 0 Å². The lowest BCUT2D eigenvalue weighted by Crippen LogP contribution is -2.08. The number of rotatable bonds is 3. The third kappa shape index (κ3) is 2.50. The predicted molar refractivity (Wildman–Crippen MR) is 53.7 cm³/mol. The molecule has 0 spiro atoms. The molecule has 0 amide bonds. The third-order valence-corrected chi connectivity index (χ3v) is 3.18. The molecule has 0 aliphatic carbocycles. The van der Waals surface area contributed by atoms with Gasteiger partial charge in [0, 0.05) is 9.80 Å². The Hall–Kier alpha value is -0.930. The summed E-state index contributed by atoms with van der Waals surface area (Å²) in [5, 5.41) is 9.16. The lowest BCUT2D eigenvalue weighted by Gasteiger charge is -2.07. The smallest absolute Gasteiger partial charge is 0.0843 e. The third-order valence-electron chi connectivity index (χ3n) is 1.66. The Kier molecular flexibility index (Phi) is 3.39. The number of hydrogen-bond acceptors (Lipinski definition) is 2. The zero-order valence-electron chi connectivity index (χ0n) is 7.43. The van der Waals surface area contributed by atoms with Crippen molar-refractivity contribution in [3.8, 4) is 0 Å². The second-order valence-corrected chi connectivity index (χ2v) is 4.26. The fraction of sp³-hybridized carbons (Fsp3) is 0.200. The summed E-state index contributed by atoms with van der Waals surface area (Å²) in [6, 6.07) is 8.98. The van der Waals surface area contributed by atoms with Gasteiger partial charge in [-0.25, -0.2) is 4.21 Å². The van der Waals surface area contributed by atoms with Gasteiger partial charge in [0.25, 0.3) is 0 Å². The first-order valence-corrected chi connectivity index (χ1v) is 5.11. The van der Waals surface area contributed by atoms with Crippen LogP contribution >= 0.6 is 0 Å². The van der Waals surface area contributed by atoms with E-state index in [0.29, 0.717) is 9.80 Å². The lowest BCUT2D eigenvalue weighted by atomic mass is 10.4. The van der Waals surface area contributed by atoms with Crippen LogP contribution in [-0.4, -0.2) is 15.4 Å². The van der Waals surface area contributed by atoms with Crippen molar-refractivity contribution in [2.75, 3.05) is 0 Å². The molecule has 1 rings (SSSR count). The van der Waals surface area contributed by atoms with Crippen LogP contribution < -0.4 is 0 Å². The van der Waals surface area contributed by atoms with Gasteiger partial charge in [-0.05, 0) is 19.1 Å². The first-order valence-electron chi connectivity index (χ1n) is 3.96. The topological polar surface area (TPSA) is 37.3 Å². The van der Waals surface area contributed by atoms with Crippen LogP contribution in [0.1, 0.15) is 6.92 Å². The van der Waals surface area contributed by atoms with Crippen molar-refractivity contribution < 1.29 is 9.32 Å². The zero-order chi connectivity index (χ0) is 9.84. The molecule has 1 N–H and O–H groups in total. The molecule has 0 saturated carbocycles. The number of aliphatic hydroxyl groups excluding tert-OH is 1. The molecule has 1 aromatic rings. The van der Waals surface area contributed by atoms with Gasteiger partial charge < -0.3 is 5.11 Å². The predicted octanol–water partition coefficient (Wildman–Crippen LogP) is 1.69. The van der Waals surface area contributed by atoms with Crippen LogP contribution in [0.15, 0.2) is 46.7 Å². The molecular weight excluding hydrogens is 184 g/mol. The summed E-state index contributed by atoms with van der Waals surface area (Å²) in [7, 11) is -1.30. The normalized spacial score (nSPS) is 14.9. The van der Waals surface area contributed by atoms with Crippen molar-refractivity contribution in [3.05, 3.63) is 41.8 Å². The van der Waals surface area contributed by atoms with E-state index in [0.717, 1.165) is 0 Å². The van der Waals surface area contributed by atoms with Crippen LogP contribution in [0, 0.1) is 0 Å². The average Bonchev–Trinajstić information content (AvgIpc) is 2.17. The second-order valence-electron chi connectivity index (χ2n) is 2.72. The molecule has 0 heterocycles. The quantitative estimate of drug-likeness (QED) is 0.798. The Bertz CT molecular complexity index is 317. The van der Waals surface area contributed by atoms with Gasteiger partial charge in [-0.2, -0.15) is 0 Å². The van der Waals surface area contributed by atoms with E-state index in [-0.39, 0.29) is 0 Å². The minimum Gasteiger partial charge on any atom is -0.388 e. The first-order chi connectivity index (χ1) is 6.13. The Labute approximate surface area is 80.4 Å². The van der Waals surface area contributed by atoms with Gasteiger partial charge >= 0.3 is 0 Å². The van der Waals surface area contributed by atoms with E-state index in [1.54, 1.807) is 19.1 Å². The maximum absolute atomic E-state index is 11.6. The molecule has 2 atom stereocenters. The van der Waals surface area contributed by atoms with Gasteiger partial charge in [-0.1, -0.05) is 24.8 Å². The van der Waals surface area contributed by atoms with Gasteiger partial charge in [0.2, 0.25) is 0 Å². The molecule has 70 valence electrons. The van der Waals surface area contributed by atoms with Crippen LogP contribution in [0.3, 0.4) is 0 Å².